The first-order valence-corrected chi connectivity index (χ1v) is 10.5. The minimum atomic E-state index is -0.792. The fourth-order valence-corrected chi connectivity index (χ4v) is 4.63. The molecule has 0 saturated carbocycles. The smallest absolute Gasteiger partial charge is 0.305 e. The summed E-state index contributed by atoms with van der Waals surface area (Å²) < 4.78 is 13.1. The lowest BCUT2D eigenvalue weighted by molar-refractivity contribution is -0.137. The summed E-state index contributed by atoms with van der Waals surface area (Å²) in [5, 5.41) is 13.8. The third-order valence-corrected chi connectivity index (χ3v) is 5.85. The van der Waals surface area contributed by atoms with Crippen molar-refractivity contribution in [2.45, 2.75) is 71.9 Å². The van der Waals surface area contributed by atoms with Crippen molar-refractivity contribution in [3.63, 3.8) is 0 Å². The van der Waals surface area contributed by atoms with E-state index in [1.807, 2.05) is 4.68 Å². The summed E-state index contributed by atoms with van der Waals surface area (Å²) in [6.45, 7) is 5.18. The molecule has 0 fully saturated rings. The Labute approximate surface area is 172 Å². The summed E-state index contributed by atoms with van der Waals surface area (Å²) in [7, 11) is 3.45. The maximum atomic E-state index is 11.0. The van der Waals surface area contributed by atoms with Crippen LogP contribution < -0.4 is 4.74 Å². The van der Waals surface area contributed by atoms with Gasteiger partial charge in [0.1, 0.15) is 5.75 Å². The van der Waals surface area contributed by atoms with Gasteiger partial charge in [0.25, 0.3) is 0 Å². The van der Waals surface area contributed by atoms with E-state index in [1.54, 1.807) is 14.2 Å². The molecule has 1 aromatic heterocycles. The summed E-state index contributed by atoms with van der Waals surface area (Å²) in [6, 6.07) is 2.24. The number of aromatic nitrogens is 2. The van der Waals surface area contributed by atoms with Gasteiger partial charge in [-0.05, 0) is 54.9 Å². The van der Waals surface area contributed by atoms with Crippen molar-refractivity contribution in [1.29, 1.82) is 0 Å². The maximum Gasteiger partial charge on any atom is 0.305 e. The Morgan fingerprint density at radius 1 is 1.17 bits per heavy atom. The molecule has 29 heavy (non-hydrogen) atoms. The number of carboxylic acid groups (broad SMARTS) is 1. The lowest BCUT2D eigenvalue weighted by Gasteiger charge is -2.18. The second kappa shape index (κ2) is 9.44. The van der Waals surface area contributed by atoms with Crippen molar-refractivity contribution in [3.8, 4) is 5.75 Å². The molecular weight excluding hydrogens is 368 g/mol. The molecule has 6 heteroatoms. The molecule has 0 unspecified atom stereocenters. The molecule has 6 nitrogen and oxygen atoms in total. The molecule has 1 N–H and O–H groups in total. The molecule has 0 radical (unpaired) electrons. The average molecular weight is 401 g/mol. The lowest BCUT2D eigenvalue weighted by atomic mass is 9.92. The molecule has 158 valence electrons. The fraction of sp³-hybridized carbons (Fsp3) is 0.565. The SMILES string of the molecule is CCc1nn(CCC(=O)O)c(CC)c1Cc1cc(COC)c(OC)c2c1CCC2. The Bertz CT molecular complexity index is 886. The predicted octanol–water partition coefficient (Wildman–Crippen LogP) is 3.72. The largest absolute Gasteiger partial charge is 0.496 e. The van der Waals surface area contributed by atoms with E-state index >= 15 is 0 Å². The summed E-state index contributed by atoms with van der Waals surface area (Å²) in [5.74, 6) is 0.186. The van der Waals surface area contributed by atoms with Crippen LogP contribution in [0.3, 0.4) is 0 Å². The van der Waals surface area contributed by atoms with Crippen LogP contribution in [0, 0.1) is 0 Å². The zero-order valence-electron chi connectivity index (χ0n) is 18.0. The number of carbonyl (C=O) groups is 1. The van der Waals surface area contributed by atoms with Crippen molar-refractivity contribution in [2.75, 3.05) is 14.2 Å². The van der Waals surface area contributed by atoms with E-state index in [9.17, 15) is 4.79 Å². The van der Waals surface area contributed by atoms with E-state index in [0.29, 0.717) is 13.2 Å². The molecule has 1 heterocycles. The number of methoxy groups -OCH3 is 2. The highest BCUT2D eigenvalue weighted by atomic mass is 16.5. The van der Waals surface area contributed by atoms with Crippen molar-refractivity contribution in [2.24, 2.45) is 0 Å². The van der Waals surface area contributed by atoms with Crippen LogP contribution in [0.1, 0.15) is 65.9 Å². The number of rotatable bonds is 10. The third-order valence-electron chi connectivity index (χ3n) is 5.85. The number of hydrogen-bond donors (Lipinski definition) is 1. The van der Waals surface area contributed by atoms with Crippen LogP contribution >= 0.6 is 0 Å². The van der Waals surface area contributed by atoms with Gasteiger partial charge < -0.3 is 14.6 Å². The Balaban J connectivity index is 2.04. The quantitative estimate of drug-likeness (QED) is 0.658. The number of benzene rings is 1. The van der Waals surface area contributed by atoms with Crippen molar-refractivity contribution in [3.05, 3.63) is 45.3 Å². The predicted molar refractivity (Wildman–Crippen MR) is 112 cm³/mol. The molecule has 0 aliphatic heterocycles. The van der Waals surface area contributed by atoms with Gasteiger partial charge in [-0.3, -0.25) is 9.48 Å². The zero-order valence-corrected chi connectivity index (χ0v) is 18.0. The highest BCUT2D eigenvalue weighted by Crippen LogP contribution is 2.38. The molecule has 0 saturated heterocycles. The molecule has 0 atom stereocenters. The maximum absolute atomic E-state index is 11.0. The fourth-order valence-electron chi connectivity index (χ4n) is 4.63. The van der Waals surface area contributed by atoms with Crippen molar-refractivity contribution in [1.82, 2.24) is 9.78 Å². The van der Waals surface area contributed by atoms with Crippen LogP contribution in [0.15, 0.2) is 6.07 Å². The van der Waals surface area contributed by atoms with E-state index in [-0.39, 0.29) is 6.42 Å². The van der Waals surface area contributed by atoms with Gasteiger partial charge in [0, 0.05) is 30.4 Å². The van der Waals surface area contributed by atoms with E-state index in [2.05, 4.69) is 19.9 Å². The van der Waals surface area contributed by atoms with E-state index in [4.69, 9.17) is 19.7 Å². The van der Waals surface area contributed by atoms with Gasteiger partial charge in [-0.25, -0.2) is 0 Å². The Kier molecular flexibility index (Phi) is 6.96. The Morgan fingerprint density at radius 2 is 1.93 bits per heavy atom. The second-order valence-electron chi connectivity index (χ2n) is 7.59. The minimum absolute atomic E-state index is 0.0905. The van der Waals surface area contributed by atoms with Crippen LogP contribution in [0.5, 0.6) is 5.75 Å². The summed E-state index contributed by atoms with van der Waals surface area (Å²) in [5.41, 5.74) is 8.63. The van der Waals surface area contributed by atoms with Crippen LogP contribution in [0.2, 0.25) is 0 Å². The number of carboxylic acids is 1. The summed E-state index contributed by atoms with van der Waals surface area (Å²) in [4.78, 5) is 11.0. The summed E-state index contributed by atoms with van der Waals surface area (Å²) >= 11 is 0. The van der Waals surface area contributed by atoms with Gasteiger partial charge >= 0.3 is 5.97 Å². The standard InChI is InChI=1S/C23H32N2O4/c1-5-20-19(21(6-2)25(24-20)11-10-22(26)27)13-15-12-16(14-28-3)23(29-4)18-9-7-8-17(15)18/h12H,5-11,13-14H2,1-4H3,(H,26,27). The number of nitrogens with zero attached hydrogens (tertiary/aromatic N) is 2. The van der Waals surface area contributed by atoms with Gasteiger partial charge in [-0.15, -0.1) is 0 Å². The zero-order chi connectivity index (χ0) is 21.0. The number of fused-ring (bicyclic) bond motifs is 1. The second-order valence-corrected chi connectivity index (χ2v) is 7.59. The van der Waals surface area contributed by atoms with Crippen LogP contribution in [0.25, 0.3) is 0 Å². The number of aryl methyl sites for hydroxylation is 2. The molecule has 0 spiro atoms. The molecular formula is C23H32N2O4. The van der Waals surface area contributed by atoms with E-state index in [1.165, 1.54) is 22.3 Å². The first-order chi connectivity index (χ1) is 14.0. The first kappa shape index (κ1) is 21.4. The van der Waals surface area contributed by atoms with E-state index in [0.717, 1.165) is 61.2 Å². The number of aliphatic carboxylic acids is 1. The minimum Gasteiger partial charge on any atom is -0.496 e. The molecule has 0 bridgehead atoms. The van der Waals surface area contributed by atoms with Gasteiger partial charge in [0.15, 0.2) is 0 Å². The highest BCUT2D eigenvalue weighted by molar-refractivity contribution is 5.66. The number of ether oxygens (including phenoxy) is 2. The normalized spacial score (nSPS) is 13.0. The van der Waals surface area contributed by atoms with Crippen LogP contribution in [-0.2, 0) is 54.8 Å². The van der Waals surface area contributed by atoms with Gasteiger partial charge in [-0.2, -0.15) is 5.10 Å². The molecule has 0 amide bonds. The number of hydrogen-bond acceptors (Lipinski definition) is 4. The van der Waals surface area contributed by atoms with Crippen LogP contribution in [-0.4, -0.2) is 35.1 Å². The highest BCUT2D eigenvalue weighted by Gasteiger charge is 2.25. The van der Waals surface area contributed by atoms with Crippen molar-refractivity contribution < 1.29 is 19.4 Å². The van der Waals surface area contributed by atoms with Gasteiger partial charge in [0.2, 0.25) is 0 Å². The summed E-state index contributed by atoms with van der Waals surface area (Å²) in [6.07, 6.45) is 5.85. The Hall–Kier alpha value is -2.34. The topological polar surface area (TPSA) is 73.6 Å². The molecule has 3 rings (SSSR count). The van der Waals surface area contributed by atoms with Gasteiger partial charge in [-0.1, -0.05) is 13.8 Å². The average Bonchev–Trinajstić information content (AvgIpc) is 3.31. The molecule has 1 aliphatic rings. The Morgan fingerprint density at radius 3 is 2.55 bits per heavy atom. The molecule has 1 aromatic carbocycles. The first-order valence-electron chi connectivity index (χ1n) is 10.5. The lowest BCUT2D eigenvalue weighted by Crippen LogP contribution is -2.10. The van der Waals surface area contributed by atoms with Crippen LogP contribution in [0.4, 0.5) is 0 Å². The molecule has 2 aromatic rings. The monoisotopic (exact) mass is 400 g/mol. The third kappa shape index (κ3) is 4.32. The van der Waals surface area contributed by atoms with Gasteiger partial charge in [0.05, 0.1) is 32.4 Å². The van der Waals surface area contributed by atoms with Crippen molar-refractivity contribution >= 4 is 5.97 Å². The van der Waals surface area contributed by atoms with E-state index < -0.39 is 5.97 Å². The molecule has 1 aliphatic carbocycles.